The molecule has 0 radical (unpaired) electrons. The number of benzene rings is 2. The number of hydrogen-bond donors (Lipinski definition) is 4. The second-order valence-electron chi connectivity index (χ2n) is 13.3. The van der Waals surface area contributed by atoms with E-state index < -0.39 is 18.2 Å². The molecule has 4 aromatic rings. The molecule has 2 aromatic heterocycles. The predicted octanol–water partition coefficient (Wildman–Crippen LogP) is 5.58. The van der Waals surface area contributed by atoms with Crippen LogP contribution in [-0.4, -0.2) is 79.9 Å². The molecule has 0 saturated carbocycles. The summed E-state index contributed by atoms with van der Waals surface area (Å²) in [6.45, 7) is 7.05. The Morgan fingerprint density at radius 1 is 0.816 bits per heavy atom. The molecule has 4 atom stereocenters. The number of carbonyl (C=O) groups is 3. The molecule has 2 aliphatic heterocycles. The summed E-state index contributed by atoms with van der Waals surface area (Å²) < 4.78 is 4.75. The number of amides is 3. The fourth-order valence-electron chi connectivity index (χ4n) is 6.89. The van der Waals surface area contributed by atoms with Gasteiger partial charge in [-0.05, 0) is 60.3 Å². The third-order valence-electron chi connectivity index (χ3n) is 9.77. The first-order valence-corrected chi connectivity index (χ1v) is 17.2. The van der Waals surface area contributed by atoms with Crippen molar-refractivity contribution in [1.29, 1.82) is 0 Å². The van der Waals surface area contributed by atoms with Gasteiger partial charge in [-0.3, -0.25) is 9.59 Å². The molecule has 4 heterocycles. The van der Waals surface area contributed by atoms with Gasteiger partial charge in [-0.1, -0.05) is 69.3 Å². The van der Waals surface area contributed by atoms with E-state index in [-0.39, 0.29) is 29.8 Å². The third-order valence-corrected chi connectivity index (χ3v) is 9.77. The molecule has 6 rings (SSSR count). The van der Waals surface area contributed by atoms with Gasteiger partial charge in [-0.25, -0.2) is 14.8 Å². The Hall–Kier alpha value is -4.97. The number of alkyl carbamates (subject to hydrolysis) is 1. The van der Waals surface area contributed by atoms with Crippen LogP contribution in [-0.2, 0) is 14.3 Å². The maximum Gasteiger partial charge on any atom is 0.407 e. The van der Waals surface area contributed by atoms with Crippen molar-refractivity contribution in [3.63, 3.8) is 0 Å². The van der Waals surface area contributed by atoms with Gasteiger partial charge in [-0.15, -0.1) is 0 Å². The predicted molar refractivity (Wildman–Crippen MR) is 187 cm³/mol. The molecular weight excluding hydrogens is 620 g/mol. The number of imidazole rings is 2. The van der Waals surface area contributed by atoms with Crippen LogP contribution in [0.15, 0.2) is 60.9 Å². The highest BCUT2D eigenvalue weighted by Gasteiger charge is 2.38. The van der Waals surface area contributed by atoms with Gasteiger partial charge < -0.3 is 35.6 Å². The highest BCUT2D eigenvalue weighted by Crippen LogP contribution is 2.35. The second-order valence-corrected chi connectivity index (χ2v) is 13.3. The molecule has 3 amide bonds. The zero-order valence-electron chi connectivity index (χ0n) is 28.6. The Morgan fingerprint density at radius 2 is 1.27 bits per heavy atom. The molecule has 258 valence electrons. The van der Waals surface area contributed by atoms with Crippen LogP contribution in [0, 0.1) is 5.92 Å². The van der Waals surface area contributed by atoms with Gasteiger partial charge in [0, 0.05) is 13.1 Å². The number of H-pyrrole nitrogens is 2. The van der Waals surface area contributed by atoms with Gasteiger partial charge in [-0.2, -0.15) is 0 Å². The van der Waals surface area contributed by atoms with Crippen molar-refractivity contribution in [2.24, 2.45) is 11.7 Å². The number of aromatic nitrogens is 4. The summed E-state index contributed by atoms with van der Waals surface area (Å²) in [5.74, 6) is 1.30. The average molecular weight is 667 g/mol. The lowest BCUT2D eigenvalue weighted by molar-refractivity contribution is -0.135. The molecule has 2 aromatic carbocycles. The molecule has 2 saturated heterocycles. The zero-order chi connectivity index (χ0) is 34.7. The van der Waals surface area contributed by atoms with Gasteiger partial charge in [0.25, 0.3) is 0 Å². The molecule has 2 aliphatic rings. The lowest BCUT2D eigenvalue weighted by atomic mass is 10.0. The molecular formula is C37H46N8O4. The summed E-state index contributed by atoms with van der Waals surface area (Å²) in [5.41, 5.74) is 12.0. The van der Waals surface area contributed by atoms with Crippen LogP contribution in [0.5, 0.6) is 0 Å². The summed E-state index contributed by atoms with van der Waals surface area (Å²) in [6, 6.07) is 15.2. The number of aromatic amines is 2. The number of methoxy groups -OCH3 is 1. The smallest absolute Gasteiger partial charge is 0.407 e. The van der Waals surface area contributed by atoms with Gasteiger partial charge in [0.05, 0.1) is 49.0 Å². The van der Waals surface area contributed by atoms with E-state index in [1.165, 1.54) is 7.11 Å². The fourth-order valence-corrected chi connectivity index (χ4v) is 6.89. The standard InChI is InChI=1S/C37H46N8O4/c1-5-27(38)35(46)44-18-6-8-30(44)33-39-20-28(41-33)25-14-10-23(11-15-25)24-12-16-26(17-13-24)29-21-40-34(42-29)31-9-7-19-45(31)36(47)32(22(2)3)43-37(48)49-4/h10-17,20-22,27,30-32H,5-9,18-19,38H2,1-4H3,(H,39,41)(H,40,42)(H,43,48)/t27?,30?,31-,32?/m0/s1. The van der Waals surface area contributed by atoms with E-state index in [1.54, 1.807) is 0 Å². The molecule has 49 heavy (non-hydrogen) atoms. The molecule has 5 N–H and O–H groups in total. The normalized spacial score (nSPS) is 18.9. The molecule has 0 spiro atoms. The van der Waals surface area contributed by atoms with Crippen LogP contribution < -0.4 is 11.1 Å². The lowest BCUT2D eigenvalue weighted by Gasteiger charge is -2.30. The fraction of sp³-hybridized carbons (Fsp3) is 0.432. The average Bonchev–Trinajstić information content (AvgIpc) is 3.95. The molecule has 2 fully saturated rings. The summed E-state index contributed by atoms with van der Waals surface area (Å²) in [4.78, 5) is 58.1. The van der Waals surface area contributed by atoms with E-state index in [1.807, 2.05) is 43.0 Å². The first-order valence-electron chi connectivity index (χ1n) is 17.2. The number of likely N-dealkylation sites (tertiary alicyclic amines) is 2. The summed E-state index contributed by atoms with van der Waals surface area (Å²) in [5, 5.41) is 2.69. The maximum absolute atomic E-state index is 13.5. The van der Waals surface area contributed by atoms with E-state index in [0.717, 1.165) is 71.0 Å². The first kappa shape index (κ1) is 33.9. The number of hydrogen-bond acceptors (Lipinski definition) is 7. The summed E-state index contributed by atoms with van der Waals surface area (Å²) in [6.07, 6.45) is 7.11. The molecule has 12 heteroatoms. The van der Waals surface area contributed by atoms with Crippen LogP contribution in [0.3, 0.4) is 0 Å². The minimum atomic E-state index is -0.675. The van der Waals surface area contributed by atoms with Crippen molar-refractivity contribution in [3.8, 4) is 33.6 Å². The van der Waals surface area contributed by atoms with Crippen LogP contribution in [0.25, 0.3) is 33.6 Å². The highest BCUT2D eigenvalue weighted by molar-refractivity contribution is 5.86. The maximum atomic E-state index is 13.5. The largest absolute Gasteiger partial charge is 0.453 e. The van der Waals surface area contributed by atoms with Crippen molar-refractivity contribution >= 4 is 17.9 Å². The van der Waals surface area contributed by atoms with Gasteiger partial charge in [0.15, 0.2) is 0 Å². The number of carbonyl (C=O) groups excluding carboxylic acids is 3. The number of ether oxygens (including phenoxy) is 1. The number of nitrogens with zero attached hydrogens (tertiary/aromatic N) is 4. The summed E-state index contributed by atoms with van der Waals surface area (Å²) >= 11 is 0. The molecule has 12 nitrogen and oxygen atoms in total. The van der Waals surface area contributed by atoms with Gasteiger partial charge >= 0.3 is 6.09 Å². The van der Waals surface area contributed by atoms with E-state index in [2.05, 4.69) is 73.8 Å². The van der Waals surface area contributed by atoms with Crippen molar-refractivity contribution in [3.05, 3.63) is 72.6 Å². The Morgan fingerprint density at radius 3 is 1.69 bits per heavy atom. The topological polar surface area (TPSA) is 162 Å². The van der Waals surface area contributed by atoms with Crippen LogP contribution >= 0.6 is 0 Å². The Labute approximate surface area is 286 Å². The highest BCUT2D eigenvalue weighted by atomic mass is 16.5. The Bertz CT molecular complexity index is 1760. The number of nitrogens with one attached hydrogen (secondary N) is 3. The number of rotatable bonds is 10. The Kier molecular flexibility index (Phi) is 10.1. The molecule has 0 aliphatic carbocycles. The quantitative estimate of drug-likeness (QED) is 0.172. The van der Waals surface area contributed by atoms with Crippen molar-refractivity contribution in [2.75, 3.05) is 20.2 Å². The van der Waals surface area contributed by atoms with E-state index in [9.17, 15) is 14.4 Å². The van der Waals surface area contributed by atoms with Crippen molar-refractivity contribution in [2.45, 2.75) is 77.0 Å². The summed E-state index contributed by atoms with van der Waals surface area (Å²) in [7, 11) is 1.29. The van der Waals surface area contributed by atoms with Crippen LogP contribution in [0.4, 0.5) is 4.79 Å². The van der Waals surface area contributed by atoms with E-state index in [0.29, 0.717) is 19.5 Å². The third kappa shape index (κ3) is 7.10. The van der Waals surface area contributed by atoms with Crippen LogP contribution in [0.1, 0.15) is 76.6 Å². The minimum absolute atomic E-state index is 0.00938. The zero-order valence-corrected chi connectivity index (χ0v) is 28.6. The second kappa shape index (κ2) is 14.7. The van der Waals surface area contributed by atoms with E-state index >= 15 is 0 Å². The van der Waals surface area contributed by atoms with Crippen molar-refractivity contribution in [1.82, 2.24) is 35.1 Å². The van der Waals surface area contributed by atoms with Crippen LogP contribution in [0.2, 0.25) is 0 Å². The molecule has 3 unspecified atom stereocenters. The van der Waals surface area contributed by atoms with E-state index in [4.69, 9.17) is 10.5 Å². The van der Waals surface area contributed by atoms with Gasteiger partial charge in [0.2, 0.25) is 11.8 Å². The minimum Gasteiger partial charge on any atom is -0.453 e. The lowest BCUT2D eigenvalue weighted by Crippen LogP contribution is -2.51. The van der Waals surface area contributed by atoms with Gasteiger partial charge in [0.1, 0.15) is 17.7 Å². The monoisotopic (exact) mass is 666 g/mol. The number of nitrogens with two attached hydrogens (primary N) is 1. The Balaban J connectivity index is 1.11. The molecule has 0 bridgehead atoms. The van der Waals surface area contributed by atoms with Crippen molar-refractivity contribution < 1.29 is 19.1 Å². The SMILES string of the molecule is CCC(N)C(=O)N1CCCC1c1ncc(-c2ccc(-c3ccc(-c4cnc([C@@H]5CCCN5C(=O)C(NC(=O)OC)C(C)C)[nH]4)cc3)cc2)[nH]1. The first-order chi connectivity index (χ1) is 23.7.